The number of likely N-dealkylation sites (tertiary alicyclic amines) is 1. The molecule has 2 aliphatic rings. The highest BCUT2D eigenvalue weighted by Crippen LogP contribution is 2.33. The first kappa shape index (κ1) is 25.4. The predicted molar refractivity (Wildman–Crippen MR) is 135 cm³/mol. The Kier molecular flexibility index (Phi) is 6.72. The molecule has 0 bridgehead atoms. The predicted octanol–water partition coefficient (Wildman–Crippen LogP) is 3.20. The molecule has 1 N–H and O–H groups in total. The fourth-order valence-corrected chi connectivity index (χ4v) is 5.32. The molecule has 0 saturated carbocycles. The van der Waals surface area contributed by atoms with E-state index in [0.29, 0.717) is 28.9 Å². The maximum atomic E-state index is 14.2. The first-order valence-corrected chi connectivity index (χ1v) is 12.8. The summed E-state index contributed by atoms with van der Waals surface area (Å²) < 4.78 is 42.2. The smallest absolute Gasteiger partial charge is 0.147 e. The highest BCUT2D eigenvalue weighted by Gasteiger charge is 2.31. The number of hydrogen-bond donors (Lipinski definition) is 1. The molecule has 0 radical (unpaired) electrons. The fraction of sp³-hybridized carbons (Fsp3) is 0.407. The molecular formula is C27H27F2N7O3. The number of aliphatic hydroxyl groups is 1. The van der Waals surface area contributed by atoms with Gasteiger partial charge in [0.05, 0.1) is 37.2 Å². The summed E-state index contributed by atoms with van der Waals surface area (Å²) in [5.74, 6) is -1.34. The molecule has 10 nitrogen and oxygen atoms in total. The van der Waals surface area contributed by atoms with E-state index in [1.54, 1.807) is 12.3 Å². The SMILES string of the molecule is Cc1c(-c2cc(OCC(O)c3ccc(F)cc3F)c3c(C#N)cnn3c2)nnn1C1CCN(C2COC2)CC1. The van der Waals surface area contributed by atoms with E-state index in [9.17, 15) is 19.1 Å². The molecular weight excluding hydrogens is 508 g/mol. The first-order chi connectivity index (χ1) is 18.9. The number of fused-ring (bicyclic) bond motifs is 1. The van der Waals surface area contributed by atoms with Gasteiger partial charge in [-0.2, -0.15) is 10.4 Å². The van der Waals surface area contributed by atoms with E-state index in [1.807, 2.05) is 11.6 Å². The highest BCUT2D eigenvalue weighted by molar-refractivity contribution is 5.74. The van der Waals surface area contributed by atoms with E-state index in [4.69, 9.17) is 9.47 Å². The van der Waals surface area contributed by atoms with Gasteiger partial charge in [-0.1, -0.05) is 11.3 Å². The van der Waals surface area contributed by atoms with Crippen LogP contribution in [0.5, 0.6) is 5.75 Å². The lowest BCUT2D eigenvalue weighted by Gasteiger charge is -2.41. The largest absolute Gasteiger partial charge is 0.488 e. The number of piperidine rings is 1. The molecule has 1 aromatic carbocycles. The second-order valence-electron chi connectivity index (χ2n) is 9.98. The van der Waals surface area contributed by atoms with E-state index in [0.717, 1.165) is 50.9 Å². The molecule has 0 aliphatic carbocycles. The summed E-state index contributed by atoms with van der Waals surface area (Å²) in [4.78, 5) is 2.47. The third-order valence-corrected chi connectivity index (χ3v) is 7.60. The summed E-state index contributed by atoms with van der Waals surface area (Å²) >= 11 is 0. The van der Waals surface area contributed by atoms with Crippen LogP contribution in [0.4, 0.5) is 8.78 Å². The van der Waals surface area contributed by atoms with Crippen LogP contribution >= 0.6 is 0 Å². The van der Waals surface area contributed by atoms with Gasteiger partial charge in [0.1, 0.15) is 52.9 Å². The Bertz CT molecular complexity index is 1550. The van der Waals surface area contributed by atoms with Crippen molar-refractivity contribution in [1.82, 2.24) is 29.5 Å². The molecule has 39 heavy (non-hydrogen) atoms. The topological polar surface area (TPSA) is 114 Å². The summed E-state index contributed by atoms with van der Waals surface area (Å²) in [5, 5.41) is 33.4. The van der Waals surface area contributed by atoms with Crippen LogP contribution in [0.2, 0.25) is 0 Å². The Morgan fingerprint density at radius 1 is 1.21 bits per heavy atom. The first-order valence-electron chi connectivity index (χ1n) is 12.8. The van der Waals surface area contributed by atoms with Crippen molar-refractivity contribution in [3.63, 3.8) is 0 Å². The third-order valence-electron chi connectivity index (χ3n) is 7.60. The quantitative estimate of drug-likeness (QED) is 0.384. The van der Waals surface area contributed by atoms with Gasteiger partial charge in [-0.15, -0.1) is 5.10 Å². The molecule has 5 heterocycles. The number of aromatic nitrogens is 5. The third kappa shape index (κ3) is 4.73. The Hall–Kier alpha value is -3.92. The summed E-state index contributed by atoms with van der Waals surface area (Å²) in [7, 11) is 0. The van der Waals surface area contributed by atoms with Crippen molar-refractivity contribution in [2.45, 2.75) is 38.0 Å². The van der Waals surface area contributed by atoms with Gasteiger partial charge in [-0.05, 0) is 31.9 Å². The molecule has 2 saturated heterocycles. The van der Waals surface area contributed by atoms with Crippen LogP contribution in [0.15, 0.2) is 36.7 Å². The van der Waals surface area contributed by atoms with Crippen LogP contribution < -0.4 is 4.74 Å². The van der Waals surface area contributed by atoms with Crippen LogP contribution in [-0.2, 0) is 4.74 Å². The zero-order valence-corrected chi connectivity index (χ0v) is 21.3. The van der Waals surface area contributed by atoms with Crippen LogP contribution in [0, 0.1) is 29.9 Å². The average Bonchev–Trinajstić information content (AvgIpc) is 3.49. The Morgan fingerprint density at radius 2 is 2.00 bits per heavy atom. The maximum absolute atomic E-state index is 14.2. The normalized spacial score (nSPS) is 17.7. The second-order valence-corrected chi connectivity index (χ2v) is 9.98. The van der Waals surface area contributed by atoms with Crippen molar-refractivity contribution in [1.29, 1.82) is 5.26 Å². The highest BCUT2D eigenvalue weighted by atomic mass is 19.1. The molecule has 0 amide bonds. The number of benzene rings is 1. The lowest BCUT2D eigenvalue weighted by molar-refractivity contribution is -0.0735. The van der Waals surface area contributed by atoms with E-state index >= 15 is 0 Å². The summed E-state index contributed by atoms with van der Waals surface area (Å²) in [6.07, 6.45) is 3.75. The van der Waals surface area contributed by atoms with Crippen LogP contribution in [0.3, 0.4) is 0 Å². The van der Waals surface area contributed by atoms with Crippen molar-refractivity contribution in [3.8, 4) is 23.1 Å². The molecule has 12 heteroatoms. The second kappa shape index (κ2) is 10.3. The van der Waals surface area contributed by atoms with Crippen LogP contribution in [0.1, 0.15) is 41.8 Å². The zero-order valence-electron chi connectivity index (χ0n) is 21.3. The lowest BCUT2D eigenvalue weighted by atomic mass is 10.0. The zero-order chi connectivity index (χ0) is 27.1. The fourth-order valence-electron chi connectivity index (χ4n) is 5.32. The van der Waals surface area contributed by atoms with E-state index < -0.39 is 17.7 Å². The molecule has 1 atom stereocenters. The average molecular weight is 536 g/mol. The molecule has 0 spiro atoms. The molecule has 1 unspecified atom stereocenters. The summed E-state index contributed by atoms with van der Waals surface area (Å²) in [6, 6.07) is 7.52. The Morgan fingerprint density at radius 3 is 2.69 bits per heavy atom. The number of rotatable bonds is 7. The van der Waals surface area contributed by atoms with Crippen molar-refractivity contribution < 1.29 is 23.4 Å². The van der Waals surface area contributed by atoms with Crippen molar-refractivity contribution in [3.05, 3.63) is 65.1 Å². The Labute approximate surface area is 223 Å². The van der Waals surface area contributed by atoms with Gasteiger partial charge in [-0.25, -0.2) is 18.0 Å². The van der Waals surface area contributed by atoms with Crippen molar-refractivity contribution in [2.75, 3.05) is 32.9 Å². The van der Waals surface area contributed by atoms with Gasteiger partial charge in [-0.3, -0.25) is 4.90 Å². The molecule has 6 rings (SSSR count). The summed E-state index contributed by atoms with van der Waals surface area (Å²) in [6.45, 7) is 5.23. The molecule has 2 aliphatic heterocycles. The van der Waals surface area contributed by atoms with E-state index in [-0.39, 0.29) is 29.5 Å². The molecule has 2 fully saturated rings. The van der Waals surface area contributed by atoms with E-state index in [1.165, 1.54) is 16.8 Å². The van der Waals surface area contributed by atoms with Crippen molar-refractivity contribution >= 4 is 5.52 Å². The maximum Gasteiger partial charge on any atom is 0.147 e. The Balaban J connectivity index is 1.26. The minimum atomic E-state index is -1.36. The number of hydrogen-bond acceptors (Lipinski definition) is 8. The number of aliphatic hydroxyl groups excluding tert-OH is 1. The van der Waals surface area contributed by atoms with Crippen molar-refractivity contribution in [2.24, 2.45) is 0 Å². The van der Waals surface area contributed by atoms with Gasteiger partial charge in [0, 0.05) is 36.5 Å². The van der Waals surface area contributed by atoms with Gasteiger partial charge in [0.2, 0.25) is 0 Å². The molecule has 4 aromatic rings. The van der Waals surface area contributed by atoms with Gasteiger partial charge in [0.25, 0.3) is 0 Å². The number of nitrogens with zero attached hydrogens (tertiary/aromatic N) is 7. The monoisotopic (exact) mass is 535 g/mol. The standard InChI is InChI=1S/C27H27F2N7O3/c1-16-26(32-33-36(16)20-4-6-34(7-5-20)21-13-38-14-21)17-8-25(27-18(10-30)11-31-35(27)12-17)39-15-24(37)22-3-2-19(28)9-23(22)29/h2-3,8-9,11-12,20-21,24,37H,4-7,13-15H2,1H3. The molecule has 3 aromatic heterocycles. The van der Waals surface area contributed by atoms with Gasteiger partial charge < -0.3 is 14.6 Å². The minimum absolute atomic E-state index is 0.0905. The number of nitriles is 1. The van der Waals surface area contributed by atoms with Gasteiger partial charge in [0.15, 0.2) is 0 Å². The number of pyridine rings is 1. The van der Waals surface area contributed by atoms with Gasteiger partial charge >= 0.3 is 0 Å². The van der Waals surface area contributed by atoms with E-state index in [2.05, 4.69) is 26.4 Å². The minimum Gasteiger partial charge on any atom is -0.488 e. The number of ether oxygens (including phenoxy) is 2. The number of halogens is 2. The molecule has 202 valence electrons. The van der Waals surface area contributed by atoms with Crippen LogP contribution in [0.25, 0.3) is 16.8 Å². The van der Waals surface area contributed by atoms with Crippen LogP contribution in [-0.4, -0.2) is 73.6 Å². The summed E-state index contributed by atoms with van der Waals surface area (Å²) in [5.41, 5.74) is 2.81. The lowest BCUT2D eigenvalue weighted by Crippen LogP contribution is -2.52.